The molecule has 0 spiro atoms. The molecule has 0 unspecified atom stereocenters. The van der Waals surface area contributed by atoms with E-state index in [1.165, 1.54) is 140 Å². The standard InChI is InChI=1S/C40H59F/c1-3-5-7-9-30-11-15-32(16-12-30)34-19-21-36(22-20-34)38-27-28-39(40(41)29-38)37-25-23-35(24-26-37)33-17-13-31(14-18-33)10-8-6-4-2/h23-34,36H,3-22H2,1-2H3. The Hall–Kier alpha value is -1.63. The van der Waals surface area contributed by atoms with Crippen molar-refractivity contribution in [1.82, 2.24) is 0 Å². The van der Waals surface area contributed by atoms with Gasteiger partial charge in [0.1, 0.15) is 5.82 Å². The normalized spacial score (nSPS) is 29.0. The summed E-state index contributed by atoms with van der Waals surface area (Å²) in [4.78, 5) is 0. The molecule has 226 valence electrons. The van der Waals surface area contributed by atoms with Gasteiger partial charge in [-0.1, -0.05) is 114 Å². The highest BCUT2D eigenvalue weighted by atomic mass is 19.1. The predicted octanol–water partition coefficient (Wildman–Crippen LogP) is 13.0. The van der Waals surface area contributed by atoms with Gasteiger partial charge in [-0.25, -0.2) is 4.39 Å². The summed E-state index contributed by atoms with van der Waals surface area (Å²) in [5.41, 5.74) is 4.49. The quantitative estimate of drug-likeness (QED) is 0.227. The molecule has 0 aliphatic heterocycles. The van der Waals surface area contributed by atoms with Gasteiger partial charge in [-0.15, -0.1) is 0 Å². The number of benzene rings is 2. The predicted molar refractivity (Wildman–Crippen MR) is 175 cm³/mol. The average molecular weight is 559 g/mol. The first-order valence-electron chi connectivity index (χ1n) is 18.0. The Bertz CT molecular complexity index is 1010. The molecule has 0 radical (unpaired) electrons. The van der Waals surface area contributed by atoms with Crippen molar-refractivity contribution >= 4 is 0 Å². The molecule has 0 atom stereocenters. The van der Waals surface area contributed by atoms with Crippen LogP contribution in [0.5, 0.6) is 0 Å². The van der Waals surface area contributed by atoms with E-state index in [4.69, 9.17) is 0 Å². The summed E-state index contributed by atoms with van der Waals surface area (Å²) < 4.78 is 15.4. The summed E-state index contributed by atoms with van der Waals surface area (Å²) in [6.45, 7) is 4.61. The topological polar surface area (TPSA) is 0 Å². The molecular weight excluding hydrogens is 499 g/mol. The maximum Gasteiger partial charge on any atom is 0.131 e. The van der Waals surface area contributed by atoms with Crippen LogP contribution in [0.3, 0.4) is 0 Å². The molecule has 0 nitrogen and oxygen atoms in total. The molecule has 3 saturated carbocycles. The monoisotopic (exact) mass is 558 g/mol. The largest absolute Gasteiger partial charge is 0.206 e. The van der Waals surface area contributed by atoms with Gasteiger partial charge in [-0.05, 0) is 122 Å². The summed E-state index contributed by atoms with van der Waals surface area (Å²) in [5, 5.41) is 0. The summed E-state index contributed by atoms with van der Waals surface area (Å²) in [6, 6.07) is 15.1. The molecule has 0 aromatic heterocycles. The molecule has 1 heteroatoms. The molecule has 3 aliphatic rings. The molecule has 2 aromatic carbocycles. The number of hydrogen-bond donors (Lipinski definition) is 0. The van der Waals surface area contributed by atoms with Gasteiger partial charge in [0.05, 0.1) is 0 Å². The highest BCUT2D eigenvalue weighted by Crippen LogP contribution is 2.45. The highest BCUT2D eigenvalue weighted by Gasteiger charge is 2.31. The van der Waals surface area contributed by atoms with Crippen LogP contribution >= 0.6 is 0 Å². The van der Waals surface area contributed by atoms with Gasteiger partial charge in [0.15, 0.2) is 0 Å². The maximum absolute atomic E-state index is 15.4. The summed E-state index contributed by atoms with van der Waals surface area (Å²) in [6.07, 6.45) is 27.7. The fourth-order valence-corrected chi connectivity index (χ4v) is 8.98. The van der Waals surface area contributed by atoms with Gasteiger partial charge in [0.25, 0.3) is 0 Å². The van der Waals surface area contributed by atoms with E-state index < -0.39 is 0 Å². The van der Waals surface area contributed by atoms with Crippen molar-refractivity contribution in [3.8, 4) is 11.1 Å². The molecule has 0 heterocycles. The molecule has 5 rings (SSSR count). The van der Waals surface area contributed by atoms with Crippen molar-refractivity contribution < 1.29 is 4.39 Å². The van der Waals surface area contributed by atoms with E-state index in [-0.39, 0.29) is 5.82 Å². The molecular formula is C40H59F. The maximum atomic E-state index is 15.4. The van der Waals surface area contributed by atoms with Crippen LogP contribution in [0.1, 0.15) is 165 Å². The Morgan fingerprint density at radius 3 is 1.54 bits per heavy atom. The lowest BCUT2D eigenvalue weighted by atomic mass is 9.68. The second-order valence-corrected chi connectivity index (χ2v) is 14.5. The average Bonchev–Trinajstić information content (AvgIpc) is 3.02. The summed E-state index contributed by atoms with van der Waals surface area (Å²) in [7, 11) is 0. The molecule has 0 saturated heterocycles. The van der Waals surface area contributed by atoms with E-state index in [1.807, 2.05) is 6.07 Å². The first kappa shape index (κ1) is 30.8. The lowest BCUT2D eigenvalue weighted by Crippen LogP contribution is -2.25. The third kappa shape index (κ3) is 8.48. The summed E-state index contributed by atoms with van der Waals surface area (Å²) in [5.74, 6) is 5.02. The van der Waals surface area contributed by atoms with Crippen molar-refractivity contribution in [2.75, 3.05) is 0 Å². The Kier molecular flexibility index (Phi) is 11.8. The Morgan fingerprint density at radius 2 is 1.00 bits per heavy atom. The molecule has 0 N–H and O–H groups in total. The van der Waals surface area contributed by atoms with Crippen LogP contribution in [-0.2, 0) is 0 Å². The molecule has 2 aromatic rings. The molecule has 41 heavy (non-hydrogen) atoms. The minimum absolute atomic E-state index is 0.0358. The van der Waals surface area contributed by atoms with Gasteiger partial charge in [-0.2, -0.15) is 0 Å². The zero-order chi connectivity index (χ0) is 28.4. The first-order valence-corrected chi connectivity index (χ1v) is 18.0. The molecule has 0 amide bonds. The van der Waals surface area contributed by atoms with E-state index in [0.717, 1.165) is 34.8 Å². The van der Waals surface area contributed by atoms with Crippen molar-refractivity contribution in [3.05, 3.63) is 59.4 Å². The van der Waals surface area contributed by atoms with Crippen molar-refractivity contribution in [3.63, 3.8) is 0 Å². The van der Waals surface area contributed by atoms with Crippen LogP contribution < -0.4 is 0 Å². The molecule has 0 bridgehead atoms. The Labute approximate surface area is 252 Å². The van der Waals surface area contributed by atoms with Gasteiger partial charge in [0.2, 0.25) is 0 Å². The zero-order valence-electron chi connectivity index (χ0n) is 26.5. The van der Waals surface area contributed by atoms with Crippen LogP contribution in [-0.4, -0.2) is 0 Å². The van der Waals surface area contributed by atoms with Gasteiger partial charge in [0, 0.05) is 5.56 Å². The summed E-state index contributed by atoms with van der Waals surface area (Å²) >= 11 is 0. The van der Waals surface area contributed by atoms with Crippen LogP contribution in [0.25, 0.3) is 11.1 Å². The second-order valence-electron chi connectivity index (χ2n) is 14.5. The SMILES string of the molecule is CCCCCC1CCC(c2ccc(-c3ccc(C4CCC(C5CCC(CCCCC)CC5)CC4)cc3F)cc2)CC1. The Balaban J connectivity index is 1.09. The zero-order valence-corrected chi connectivity index (χ0v) is 26.5. The van der Waals surface area contributed by atoms with Gasteiger partial charge < -0.3 is 0 Å². The molecule has 3 aliphatic carbocycles. The number of unbranched alkanes of at least 4 members (excludes halogenated alkanes) is 4. The minimum Gasteiger partial charge on any atom is -0.206 e. The first-order chi connectivity index (χ1) is 20.1. The Morgan fingerprint density at radius 1 is 0.537 bits per heavy atom. The third-order valence-corrected chi connectivity index (χ3v) is 11.8. The fourth-order valence-electron chi connectivity index (χ4n) is 8.98. The number of rotatable bonds is 12. The van der Waals surface area contributed by atoms with Crippen molar-refractivity contribution in [2.45, 2.75) is 154 Å². The lowest BCUT2D eigenvalue weighted by molar-refractivity contribution is 0.155. The van der Waals surface area contributed by atoms with E-state index in [2.05, 4.69) is 50.2 Å². The van der Waals surface area contributed by atoms with E-state index in [1.54, 1.807) is 0 Å². The van der Waals surface area contributed by atoms with Crippen LogP contribution in [0.15, 0.2) is 42.5 Å². The number of hydrogen-bond acceptors (Lipinski definition) is 0. The second kappa shape index (κ2) is 15.7. The van der Waals surface area contributed by atoms with Crippen LogP contribution in [0, 0.1) is 29.5 Å². The third-order valence-electron chi connectivity index (χ3n) is 11.8. The van der Waals surface area contributed by atoms with Gasteiger partial charge in [-0.3, -0.25) is 0 Å². The van der Waals surface area contributed by atoms with E-state index in [0.29, 0.717) is 11.8 Å². The van der Waals surface area contributed by atoms with Crippen molar-refractivity contribution in [2.24, 2.45) is 23.7 Å². The van der Waals surface area contributed by atoms with Crippen LogP contribution in [0.4, 0.5) is 4.39 Å². The highest BCUT2D eigenvalue weighted by molar-refractivity contribution is 5.65. The fraction of sp³-hybridized carbons (Fsp3) is 0.700. The van der Waals surface area contributed by atoms with Crippen molar-refractivity contribution in [1.29, 1.82) is 0 Å². The lowest BCUT2D eigenvalue weighted by Gasteiger charge is -2.38. The minimum atomic E-state index is -0.0358. The smallest absolute Gasteiger partial charge is 0.131 e. The van der Waals surface area contributed by atoms with E-state index >= 15 is 4.39 Å². The van der Waals surface area contributed by atoms with E-state index in [9.17, 15) is 0 Å². The van der Waals surface area contributed by atoms with Crippen LogP contribution in [0.2, 0.25) is 0 Å². The number of halogens is 1. The molecule has 3 fully saturated rings. The van der Waals surface area contributed by atoms with Gasteiger partial charge >= 0.3 is 0 Å².